The van der Waals surface area contributed by atoms with Crippen LogP contribution in [0.3, 0.4) is 0 Å². The number of unbranched alkanes of at least 4 members (excludes halogenated alkanes) is 12. The monoisotopic (exact) mass is 403 g/mol. The Hall–Kier alpha value is 0.640. The van der Waals surface area contributed by atoms with E-state index in [0.29, 0.717) is 6.42 Å². The minimum absolute atomic E-state index is 0. The minimum atomic E-state index is -3.98. The summed E-state index contributed by atoms with van der Waals surface area (Å²) in [6.07, 6.45) is 16.9. The topological polar surface area (TPSA) is 83.5 Å². The van der Waals surface area contributed by atoms with Crippen LogP contribution in [0.15, 0.2) is 0 Å². The maximum absolute atomic E-state index is 11.4. The molecule has 0 unspecified atom stereocenters. The molecule has 1 amide bonds. The molecule has 0 atom stereocenters. The Morgan fingerprint density at radius 3 is 1.60 bits per heavy atom. The van der Waals surface area contributed by atoms with Gasteiger partial charge in [-0.15, -0.1) is 0 Å². The van der Waals surface area contributed by atoms with Crippen LogP contribution in [-0.4, -0.2) is 68.9 Å². The maximum Gasteiger partial charge on any atom is 2.00 e. The molecule has 0 spiro atoms. The summed E-state index contributed by atoms with van der Waals surface area (Å²) in [7, 11) is -3.98. The van der Waals surface area contributed by atoms with Gasteiger partial charge < -0.3 is 5.32 Å². The van der Waals surface area contributed by atoms with Crippen LogP contribution >= 0.6 is 0 Å². The molecule has 0 aliphatic rings. The molecule has 0 aromatic rings. The summed E-state index contributed by atoms with van der Waals surface area (Å²) in [5.41, 5.74) is 0. The van der Waals surface area contributed by atoms with Crippen LogP contribution in [0.5, 0.6) is 0 Å². The Kier molecular flexibility index (Phi) is 21.6. The van der Waals surface area contributed by atoms with Gasteiger partial charge in [-0.2, -0.15) is 8.42 Å². The van der Waals surface area contributed by atoms with E-state index in [4.69, 9.17) is 4.55 Å². The molecule has 5 nitrogen and oxygen atoms in total. The largest absolute Gasteiger partial charge is 2.00 e. The molecule has 0 heterocycles. The third kappa shape index (κ3) is 24.6. The fourth-order valence-electron chi connectivity index (χ4n) is 2.71. The van der Waals surface area contributed by atoms with Gasteiger partial charge in [0.05, 0.1) is 5.75 Å². The van der Waals surface area contributed by atoms with E-state index in [1.165, 1.54) is 64.2 Å². The average molecular weight is 404 g/mol. The Balaban J connectivity index is 0. The zero-order valence-electron chi connectivity index (χ0n) is 16.1. The SMILES string of the molecule is CCCCCCCCCCCCCCCC(=O)NCCS(=O)(=O)O.[Ca+2]. The second-order valence-electron chi connectivity index (χ2n) is 6.63. The summed E-state index contributed by atoms with van der Waals surface area (Å²) in [5, 5.41) is 2.50. The van der Waals surface area contributed by atoms with Crippen molar-refractivity contribution in [1.82, 2.24) is 5.32 Å². The smallest absolute Gasteiger partial charge is 0.355 e. The molecule has 0 aliphatic heterocycles. The Labute approximate surface area is 184 Å². The van der Waals surface area contributed by atoms with E-state index >= 15 is 0 Å². The van der Waals surface area contributed by atoms with E-state index in [1.807, 2.05) is 0 Å². The molecule has 144 valence electrons. The third-order valence-corrected chi connectivity index (χ3v) is 4.91. The predicted octanol–water partition coefficient (Wildman–Crippen LogP) is 4.09. The second-order valence-corrected chi connectivity index (χ2v) is 8.20. The Bertz CT molecular complexity index is 402. The summed E-state index contributed by atoms with van der Waals surface area (Å²) in [6.45, 7) is 2.23. The summed E-state index contributed by atoms with van der Waals surface area (Å²) in [6, 6.07) is 0. The molecule has 0 rings (SSSR count). The first-order chi connectivity index (χ1) is 11.5. The zero-order chi connectivity index (χ0) is 18.1. The van der Waals surface area contributed by atoms with E-state index in [9.17, 15) is 13.2 Å². The molecule has 2 N–H and O–H groups in total. The first kappa shape index (κ1) is 27.9. The molecular formula is C18H37CaNO4S+2. The molecule has 0 saturated carbocycles. The maximum atomic E-state index is 11.4. The van der Waals surface area contributed by atoms with Crippen LogP contribution in [0.4, 0.5) is 0 Å². The molecule has 0 saturated heterocycles. The molecule has 0 aromatic carbocycles. The predicted molar refractivity (Wildman–Crippen MR) is 105 cm³/mol. The van der Waals surface area contributed by atoms with Crippen LogP contribution in [-0.2, 0) is 14.9 Å². The van der Waals surface area contributed by atoms with Gasteiger partial charge in [-0.1, -0.05) is 84.0 Å². The van der Waals surface area contributed by atoms with Gasteiger partial charge in [-0.05, 0) is 6.42 Å². The summed E-state index contributed by atoms with van der Waals surface area (Å²) < 4.78 is 29.6. The van der Waals surface area contributed by atoms with Crippen LogP contribution in [0.25, 0.3) is 0 Å². The zero-order valence-corrected chi connectivity index (χ0v) is 19.1. The normalized spacial score (nSPS) is 11.1. The Morgan fingerprint density at radius 1 is 0.800 bits per heavy atom. The van der Waals surface area contributed by atoms with Gasteiger partial charge in [-0.3, -0.25) is 9.35 Å². The van der Waals surface area contributed by atoms with E-state index in [0.717, 1.165) is 19.3 Å². The Morgan fingerprint density at radius 2 is 1.20 bits per heavy atom. The number of carbonyl (C=O) groups is 1. The molecule has 7 heteroatoms. The number of rotatable bonds is 17. The third-order valence-electron chi connectivity index (χ3n) is 4.19. The second kappa shape index (κ2) is 19.4. The molecule has 25 heavy (non-hydrogen) atoms. The van der Waals surface area contributed by atoms with Crippen LogP contribution in [0.2, 0.25) is 0 Å². The summed E-state index contributed by atoms with van der Waals surface area (Å²) in [5.74, 6) is -0.557. The van der Waals surface area contributed by atoms with Crippen molar-refractivity contribution in [2.24, 2.45) is 0 Å². The van der Waals surface area contributed by atoms with Gasteiger partial charge in [0.15, 0.2) is 0 Å². The van der Waals surface area contributed by atoms with Gasteiger partial charge in [-0.25, -0.2) is 0 Å². The number of amides is 1. The van der Waals surface area contributed by atoms with Crippen LogP contribution < -0.4 is 5.32 Å². The first-order valence-electron chi connectivity index (χ1n) is 9.67. The number of hydrogen-bond acceptors (Lipinski definition) is 3. The summed E-state index contributed by atoms with van der Waals surface area (Å²) in [4.78, 5) is 11.4. The van der Waals surface area contributed by atoms with Crippen LogP contribution in [0, 0.1) is 0 Å². The molecule has 0 aliphatic carbocycles. The van der Waals surface area contributed by atoms with Gasteiger partial charge in [0.1, 0.15) is 0 Å². The van der Waals surface area contributed by atoms with Gasteiger partial charge in [0, 0.05) is 13.0 Å². The van der Waals surface area contributed by atoms with E-state index in [-0.39, 0.29) is 50.2 Å². The summed E-state index contributed by atoms with van der Waals surface area (Å²) >= 11 is 0. The van der Waals surface area contributed by atoms with Crippen molar-refractivity contribution in [3.8, 4) is 0 Å². The van der Waals surface area contributed by atoms with E-state index in [1.54, 1.807) is 0 Å². The number of hydrogen-bond donors (Lipinski definition) is 2. The van der Waals surface area contributed by atoms with Crippen molar-refractivity contribution in [3.05, 3.63) is 0 Å². The molecule has 0 bridgehead atoms. The quantitative estimate of drug-likeness (QED) is 0.218. The van der Waals surface area contributed by atoms with Crippen molar-refractivity contribution in [2.45, 2.75) is 96.8 Å². The minimum Gasteiger partial charge on any atom is -0.355 e. The molecular weight excluding hydrogens is 366 g/mol. The average Bonchev–Trinajstić information content (AvgIpc) is 2.50. The van der Waals surface area contributed by atoms with Crippen molar-refractivity contribution < 1.29 is 17.8 Å². The fraction of sp³-hybridized carbons (Fsp3) is 0.944. The van der Waals surface area contributed by atoms with Gasteiger partial charge in [0.2, 0.25) is 5.91 Å². The van der Waals surface area contributed by atoms with Crippen LogP contribution in [0.1, 0.15) is 96.8 Å². The van der Waals surface area contributed by atoms with Crippen molar-refractivity contribution >= 4 is 53.8 Å². The van der Waals surface area contributed by atoms with Crippen molar-refractivity contribution in [2.75, 3.05) is 12.3 Å². The van der Waals surface area contributed by atoms with Gasteiger partial charge >= 0.3 is 37.7 Å². The van der Waals surface area contributed by atoms with E-state index < -0.39 is 15.9 Å². The van der Waals surface area contributed by atoms with Gasteiger partial charge in [0.25, 0.3) is 10.1 Å². The standard InChI is InChI=1S/C18H37NO4S.Ca/c1-2-3-4-5-6-7-8-9-10-11-12-13-14-15-18(20)19-16-17-24(21,22)23;/h2-17H2,1H3,(H,19,20)(H,21,22,23);/q;+2. The van der Waals surface area contributed by atoms with E-state index in [2.05, 4.69) is 12.2 Å². The van der Waals surface area contributed by atoms with Crippen molar-refractivity contribution in [3.63, 3.8) is 0 Å². The van der Waals surface area contributed by atoms with Crippen molar-refractivity contribution in [1.29, 1.82) is 0 Å². The molecule has 0 aromatic heterocycles. The molecule has 0 fully saturated rings. The number of nitrogens with one attached hydrogen (secondary N) is 1. The molecule has 0 radical (unpaired) electrons. The number of carbonyl (C=O) groups excluding carboxylic acids is 1. The fourth-order valence-corrected chi connectivity index (χ4v) is 3.07. The first-order valence-corrected chi connectivity index (χ1v) is 11.3.